The number of nitrogens with one attached hydrogen (secondary N) is 1. The van der Waals surface area contributed by atoms with Gasteiger partial charge in [-0.05, 0) is 36.4 Å². The lowest BCUT2D eigenvalue weighted by Gasteiger charge is -2.18. The summed E-state index contributed by atoms with van der Waals surface area (Å²) in [7, 11) is 0. The maximum atomic E-state index is 12.9. The quantitative estimate of drug-likeness (QED) is 0.454. The van der Waals surface area contributed by atoms with Crippen molar-refractivity contribution < 1.29 is 22.5 Å². The molecule has 30 heavy (non-hydrogen) atoms. The molecule has 0 radical (unpaired) electrons. The number of alkyl halides is 3. The van der Waals surface area contributed by atoms with Crippen LogP contribution in [-0.2, 0) is 19.3 Å². The van der Waals surface area contributed by atoms with Crippen molar-refractivity contribution in [1.29, 1.82) is 0 Å². The molecule has 2 aromatic carbocycles. The van der Waals surface area contributed by atoms with Gasteiger partial charge in [0.25, 0.3) is 5.91 Å². The van der Waals surface area contributed by atoms with Gasteiger partial charge in [-0.25, -0.2) is 9.97 Å². The first-order valence-electron chi connectivity index (χ1n) is 8.83. The molecule has 154 valence electrons. The van der Waals surface area contributed by atoms with Gasteiger partial charge in [0.1, 0.15) is 0 Å². The summed E-state index contributed by atoms with van der Waals surface area (Å²) in [4.78, 5) is 22.9. The molecule has 6 nitrogen and oxygen atoms in total. The molecular formula is C20H15F3N4O2S. The lowest BCUT2D eigenvalue weighted by molar-refractivity contribution is -0.137. The van der Waals surface area contributed by atoms with Crippen molar-refractivity contribution >= 4 is 29.3 Å². The van der Waals surface area contributed by atoms with E-state index in [1.807, 2.05) is 11.0 Å². The minimum atomic E-state index is -4.48. The van der Waals surface area contributed by atoms with Crippen LogP contribution in [0, 0.1) is 0 Å². The molecule has 0 bridgehead atoms. The highest BCUT2D eigenvalue weighted by molar-refractivity contribution is 7.93. The van der Waals surface area contributed by atoms with E-state index in [2.05, 4.69) is 15.3 Å². The van der Waals surface area contributed by atoms with Gasteiger partial charge in [0.05, 0.1) is 29.8 Å². The summed E-state index contributed by atoms with van der Waals surface area (Å²) in [6.07, 6.45) is -2.83. The van der Waals surface area contributed by atoms with Gasteiger partial charge < -0.3 is 14.8 Å². The van der Waals surface area contributed by atoms with Crippen molar-refractivity contribution in [1.82, 2.24) is 9.97 Å². The van der Waals surface area contributed by atoms with Crippen molar-refractivity contribution in [3.05, 3.63) is 77.1 Å². The molecule has 1 aromatic heterocycles. The number of anilines is 2. The van der Waals surface area contributed by atoms with Gasteiger partial charge >= 0.3 is 6.18 Å². The summed E-state index contributed by atoms with van der Waals surface area (Å²) in [5.74, 6) is -0.508. The fourth-order valence-electron chi connectivity index (χ4n) is 3.18. The molecule has 1 aliphatic rings. The third-order valence-corrected chi connectivity index (χ3v) is 5.00. The third kappa shape index (κ3) is 4.24. The van der Waals surface area contributed by atoms with E-state index in [0.717, 1.165) is 29.1 Å². The Morgan fingerprint density at radius 2 is 1.93 bits per heavy atom. The van der Waals surface area contributed by atoms with Crippen LogP contribution in [0.3, 0.4) is 0 Å². The standard InChI is InChI=1S/C20H15F3N4O2S/c21-20(22,23)14-4-2-5-15(8-14)25-18(28)12-3-1-6-16(7-12)27-10-13-9-24-19(30-29)26-17(13)11-27/h1-9,29H,10-11H2,(H,25,28). The number of fused-ring (bicyclic) bond motifs is 1. The van der Waals surface area contributed by atoms with E-state index in [9.17, 15) is 18.0 Å². The van der Waals surface area contributed by atoms with E-state index in [4.69, 9.17) is 4.55 Å². The average molecular weight is 432 g/mol. The lowest BCUT2D eigenvalue weighted by atomic mass is 10.1. The molecule has 0 saturated carbocycles. The number of halogens is 3. The Balaban J connectivity index is 1.51. The van der Waals surface area contributed by atoms with Gasteiger partial charge in [-0.2, -0.15) is 13.2 Å². The zero-order valence-corrected chi connectivity index (χ0v) is 16.2. The zero-order chi connectivity index (χ0) is 21.3. The van der Waals surface area contributed by atoms with Gasteiger partial charge in [-0.3, -0.25) is 4.79 Å². The fraction of sp³-hybridized carbons (Fsp3) is 0.150. The van der Waals surface area contributed by atoms with E-state index in [1.165, 1.54) is 12.1 Å². The monoisotopic (exact) mass is 432 g/mol. The van der Waals surface area contributed by atoms with Crippen LogP contribution < -0.4 is 10.2 Å². The second kappa shape index (κ2) is 7.96. The predicted molar refractivity (Wildman–Crippen MR) is 106 cm³/mol. The molecule has 0 saturated heterocycles. The summed E-state index contributed by atoms with van der Waals surface area (Å²) in [5.41, 5.74) is 2.04. The van der Waals surface area contributed by atoms with E-state index >= 15 is 0 Å². The smallest absolute Gasteiger partial charge is 0.361 e. The molecule has 4 rings (SSSR count). The SMILES string of the molecule is O=C(Nc1cccc(C(F)(F)F)c1)c1cccc(N2Cc3cnc(SO)nc3C2)c1. The Hall–Kier alpha value is -3.11. The summed E-state index contributed by atoms with van der Waals surface area (Å²) in [6, 6.07) is 11.3. The number of rotatable bonds is 4. The Morgan fingerprint density at radius 3 is 2.70 bits per heavy atom. The van der Waals surface area contributed by atoms with Crippen molar-refractivity contribution in [2.24, 2.45) is 0 Å². The molecular weight excluding hydrogens is 417 g/mol. The maximum absolute atomic E-state index is 12.9. The van der Waals surface area contributed by atoms with Crippen LogP contribution in [0.25, 0.3) is 0 Å². The van der Waals surface area contributed by atoms with E-state index in [1.54, 1.807) is 24.4 Å². The summed E-state index contributed by atoms with van der Waals surface area (Å²) in [5, 5.41) is 2.78. The van der Waals surface area contributed by atoms with Crippen LogP contribution in [0.5, 0.6) is 0 Å². The molecule has 3 aromatic rings. The van der Waals surface area contributed by atoms with Gasteiger partial charge in [0.15, 0.2) is 0 Å². The summed E-state index contributed by atoms with van der Waals surface area (Å²) in [6.45, 7) is 1.04. The zero-order valence-electron chi connectivity index (χ0n) is 15.3. The number of nitrogens with zero attached hydrogens (tertiary/aromatic N) is 3. The third-order valence-electron chi connectivity index (χ3n) is 4.64. The highest BCUT2D eigenvalue weighted by atomic mass is 32.2. The first-order valence-corrected chi connectivity index (χ1v) is 9.60. The molecule has 0 atom stereocenters. The topological polar surface area (TPSA) is 78.4 Å². The van der Waals surface area contributed by atoms with Crippen molar-refractivity contribution in [2.45, 2.75) is 24.4 Å². The fourth-order valence-corrected chi connectivity index (χ4v) is 3.43. The van der Waals surface area contributed by atoms with Gasteiger partial charge in [-0.1, -0.05) is 12.1 Å². The highest BCUT2D eigenvalue weighted by Crippen LogP contribution is 2.31. The number of aromatic nitrogens is 2. The van der Waals surface area contributed by atoms with Crippen LogP contribution >= 0.6 is 12.0 Å². The van der Waals surface area contributed by atoms with Crippen molar-refractivity contribution in [2.75, 3.05) is 10.2 Å². The van der Waals surface area contributed by atoms with E-state index < -0.39 is 17.6 Å². The second-order valence-electron chi connectivity index (χ2n) is 6.65. The van der Waals surface area contributed by atoms with Crippen LogP contribution in [0.2, 0.25) is 0 Å². The molecule has 0 spiro atoms. The number of hydrogen-bond donors (Lipinski definition) is 2. The average Bonchev–Trinajstić information content (AvgIpc) is 3.17. The number of carbonyl (C=O) groups excluding carboxylic acids is 1. The van der Waals surface area contributed by atoms with Crippen LogP contribution in [-0.4, -0.2) is 20.4 Å². The molecule has 1 amide bonds. The number of carbonyl (C=O) groups is 1. The predicted octanol–water partition coefficient (Wildman–Crippen LogP) is 4.83. The second-order valence-corrected chi connectivity index (χ2v) is 7.20. The number of amides is 1. The summed E-state index contributed by atoms with van der Waals surface area (Å²) < 4.78 is 47.7. The Kier molecular flexibility index (Phi) is 5.35. The molecule has 0 fully saturated rings. The van der Waals surface area contributed by atoms with E-state index in [-0.39, 0.29) is 10.8 Å². The van der Waals surface area contributed by atoms with Crippen molar-refractivity contribution in [3.8, 4) is 0 Å². The molecule has 2 heterocycles. The number of hydrogen-bond acceptors (Lipinski definition) is 6. The normalized spacial score (nSPS) is 13.3. The van der Waals surface area contributed by atoms with Crippen LogP contribution in [0.1, 0.15) is 27.2 Å². The van der Waals surface area contributed by atoms with Crippen LogP contribution in [0.4, 0.5) is 24.5 Å². The molecule has 0 unspecified atom stereocenters. The summed E-state index contributed by atoms with van der Waals surface area (Å²) >= 11 is 0.477. The van der Waals surface area contributed by atoms with E-state index in [0.29, 0.717) is 30.7 Å². The van der Waals surface area contributed by atoms with Crippen LogP contribution in [0.15, 0.2) is 59.9 Å². The Labute approximate surface area is 174 Å². The Bertz CT molecular complexity index is 1110. The largest absolute Gasteiger partial charge is 0.416 e. The number of benzene rings is 2. The molecule has 2 N–H and O–H groups in total. The Morgan fingerprint density at radius 1 is 1.13 bits per heavy atom. The minimum absolute atomic E-state index is 0.0677. The molecule has 10 heteroatoms. The van der Waals surface area contributed by atoms with Gasteiger partial charge in [-0.15, -0.1) is 0 Å². The molecule has 0 aliphatic carbocycles. The van der Waals surface area contributed by atoms with Crippen molar-refractivity contribution in [3.63, 3.8) is 0 Å². The highest BCUT2D eigenvalue weighted by Gasteiger charge is 2.30. The van der Waals surface area contributed by atoms with Gasteiger partial charge in [0.2, 0.25) is 5.16 Å². The lowest BCUT2D eigenvalue weighted by Crippen LogP contribution is -2.17. The minimum Gasteiger partial charge on any atom is -0.361 e. The first-order chi connectivity index (χ1) is 14.3. The van der Waals surface area contributed by atoms with Gasteiger partial charge in [0, 0.05) is 35.2 Å². The maximum Gasteiger partial charge on any atom is 0.416 e. The first kappa shape index (κ1) is 20.2. The molecule has 1 aliphatic heterocycles.